The van der Waals surface area contributed by atoms with E-state index in [-0.39, 0.29) is 11.9 Å². The fraction of sp³-hybridized carbons (Fsp3) is 0.227. The van der Waals surface area contributed by atoms with Crippen molar-refractivity contribution in [3.8, 4) is 0 Å². The Morgan fingerprint density at radius 2 is 1.81 bits per heavy atom. The van der Waals surface area contributed by atoms with E-state index in [1.54, 1.807) is 12.1 Å². The van der Waals surface area contributed by atoms with E-state index in [0.717, 1.165) is 16.8 Å². The van der Waals surface area contributed by atoms with Gasteiger partial charge >= 0.3 is 0 Å². The van der Waals surface area contributed by atoms with Gasteiger partial charge < -0.3 is 20.0 Å². The average Bonchev–Trinajstić information content (AvgIpc) is 3.20. The van der Waals surface area contributed by atoms with E-state index >= 15 is 0 Å². The second-order valence-corrected chi connectivity index (χ2v) is 6.78. The fourth-order valence-corrected chi connectivity index (χ4v) is 3.19. The minimum atomic E-state index is -0.150. The predicted molar refractivity (Wildman–Crippen MR) is 109 cm³/mol. The van der Waals surface area contributed by atoms with E-state index in [4.69, 9.17) is 10.2 Å². The molecule has 0 radical (unpaired) electrons. The van der Waals surface area contributed by atoms with Crippen molar-refractivity contribution in [1.29, 1.82) is 0 Å². The maximum absolute atomic E-state index is 13.2. The molecule has 0 aliphatic heterocycles. The van der Waals surface area contributed by atoms with Gasteiger partial charge in [0.2, 0.25) is 0 Å². The molecule has 3 aromatic rings. The molecule has 2 aromatic carbocycles. The van der Waals surface area contributed by atoms with Crippen molar-refractivity contribution in [1.82, 2.24) is 4.90 Å². The van der Waals surface area contributed by atoms with Crippen LogP contribution in [0.2, 0.25) is 0 Å². The largest absolute Gasteiger partial charge is 0.459 e. The number of furan rings is 1. The number of nitrogen functional groups attached to an aromatic ring is 1. The summed E-state index contributed by atoms with van der Waals surface area (Å²) in [6, 6.07) is 19.1. The zero-order valence-corrected chi connectivity index (χ0v) is 15.9. The first-order chi connectivity index (χ1) is 13.0. The molecule has 2 N–H and O–H groups in total. The molecule has 1 atom stereocenters. The third kappa shape index (κ3) is 4.14. The summed E-state index contributed by atoms with van der Waals surface area (Å²) in [6.07, 6.45) is 1.52. The van der Waals surface area contributed by atoms with E-state index in [9.17, 15) is 4.79 Å². The van der Waals surface area contributed by atoms with Gasteiger partial charge in [0.05, 0.1) is 12.3 Å². The Morgan fingerprint density at radius 3 is 2.44 bits per heavy atom. The van der Waals surface area contributed by atoms with Gasteiger partial charge in [-0.2, -0.15) is 0 Å². The Kier molecular flexibility index (Phi) is 5.50. The van der Waals surface area contributed by atoms with E-state index in [0.29, 0.717) is 18.0 Å². The molecule has 0 aliphatic rings. The van der Waals surface area contributed by atoms with Gasteiger partial charge in [0.25, 0.3) is 5.91 Å². The van der Waals surface area contributed by atoms with E-state index in [2.05, 4.69) is 0 Å². The molecular formula is C22H25N3O2. The normalized spacial score (nSPS) is 11.8. The minimum Gasteiger partial charge on any atom is -0.459 e. The number of nitrogens with zero attached hydrogens (tertiary/aromatic N) is 2. The summed E-state index contributed by atoms with van der Waals surface area (Å²) < 4.78 is 5.38. The molecule has 0 saturated carbocycles. The fourth-order valence-electron chi connectivity index (χ4n) is 3.19. The highest BCUT2D eigenvalue weighted by molar-refractivity contribution is 5.91. The Morgan fingerprint density at radius 1 is 1.07 bits per heavy atom. The summed E-state index contributed by atoms with van der Waals surface area (Å²) in [5.74, 6) is 0.177. The summed E-state index contributed by atoms with van der Waals surface area (Å²) in [5.41, 5.74) is 9.78. The zero-order valence-electron chi connectivity index (χ0n) is 15.9. The Bertz CT molecular complexity index is 889. The first kappa shape index (κ1) is 18.6. The highest BCUT2D eigenvalue weighted by Crippen LogP contribution is 2.29. The van der Waals surface area contributed by atoms with Crippen molar-refractivity contribution in [3.63, 3.8) is 0 Å². The number of benzene rings is 2. The van der Waals surface area contributed by atoms with Crippen LogP contribution >= 0.6 is 0 Å². The lowest BCUT2D eigenvalue weighted by molar-refractivity contribution is 0.0641. The van der Waals surface area contributed by atoms with Gasteiger partial charge in [0.1, 0.15) is 0 Å². The molecule has 0 saturated heterocycles. The Labute approximate surface area is 160 Å². The molecule has 3 rings (SSSR count). The van der Waals surface area contributed by atoms with Crippen LogP contribution in [0, 0.1) is 0 Å². The van der Waals surface area contributed by atoms with Crippen LogP contribution in [0.4, 0.5) is 11.4 Å². The SMILES string of the molecule is CC(c1ccccc1)N(Cc1cc(N)ccc1N(C)C)C(=O)c1ccco1. The van der Waals surface area contributed by atoms with Crippen LogP contribution in [0.25, 0.3) is 0 Å². The molecule has 5 nitrogen and oxygen atoms in total. The number of nitrogens with two attached hydrogens (primary N) is 1. The van der Waals surface area contributed by atoms with Gasteiger partial charge in [-0.1, -0.05) is 30.3 Å². The third-order valence-corrected chi connectivity index (χ3v) is 4.67. The highest BCUT2D eigenvalue weighted by atomic mass is 16.3. The molecular weight excluding hydrogens is 338 g/mol. The van der Waals surface area contributed by atoms with Crippen LogP contribution in [0.5, 0.6) is 0 Å². The first-order valence-corrected chi connectivity index (χ1v) is 8.92. The van der Waals surface area contributed by atoms with Crippen molar-refractivity contribution < 1.29 is 9.21 Å². The Balaban J connectivity index is 2.00. The molecule has 1 aromatic heterocycles. The van der Waals surface area contributed by atoms with Crippen LogP contribution < -0.4 is 10.6 Å². The molecule has 1 unspecified atom stereocenters. The molecule has 0 aliphatic carbocycles. The van der Waals surface area contributed by atoms with Gasteiger partial charge in [-0.25, -0.2) is 0 Å². The number of hydrogen-bond acceptors (Lipinski definition) is 4. The van der Waals surface area contributed by atoms with Crippen LogP contribution in [-0.2, 0) is 6.54 Å². The van der Waals surface area contributed by atoms with Crippen LogP contribution in [0.15, 0.2) is 71.3 Å². The zero-order chi connectivity index (χ0) is 19.4. The molecule has 0 spiro atoms. The van der Waals surface area contributed by atoms with Gasteiger partial charge in [0.15, 0.2) is 5.76 Å². The lowest BCUT2D eigenvalue weighted by Gasteiger charge is -2.31. The van der Waals surface area contributed by atoms with Crippen LogP contribution in [0.3, 0.4) is 0 Å². The molecule has 140 valence electrons. The highest BCUT2D eigenvalue weighted by Gasteiger charge is 2.26. The van der Waals surface area contributed by atoms with Crippen LogP contribution in [-0.4, -0.2) is 24.9 Å². The van der Waals surface area contributed by atoms with E-state index < -0.39 is 0 Å². The van der Waals surface area contributed by atoms with E-state index in [1.165, 1.54) is 6.26 Å². The Hall–Kier alpha value is -3.21. The van der Waals surface area contributed by atoms with Crippen molar-refractivity contribution >= 4 is 17.3 Å². The van der Waals surface area contributed by atoms with Crippen molar-refractivity contribution in [2.45, 2.75) is 19.5 Å². The second-order valence-electron chi connectivity index (χ2n) is 6.78. The number of anilines is 2. The third-order valence-electron chi connectivity index (χ3n) is 4.67. The maximum Gasteiger partial charge on any atom is 0.290 e. The molecule has 1 amide bonds. The van der Waals surface area contributed by atoms with E-state index in [1.807, 2.05) is 79.3 Å². The average molecular weight is 363 g/mol. The summed E-state index contributed by atoms with van der Waals surface area (Å²) >= 11 is 0. The monoisotopic (exact) mass is 363 g/mol. The second kappa shape index (κ2) is 7.99. The summed E-state index contributed by atoms with van der Waals surface area (Å²) in [7, 11) is 3.96. The lowest BCUT2D eigenvalue weighted by atomic mass is 10.0. The number of carbonyl (C=O) groups excluding carboxylic acids is 1. The van der Waals surface area contributed by atoms with Crippen LogP contribution in [0.1, 0.15) is 34.6 Å². The first-order valence-electron chi connectivity index (χ1n) is 8.92. The molecule has 1 heterocycles. The number of hydrogen-bond donors (Lipinski definition) is 1. The van der Waals surface area contributed by atoms with Gasteiger partial charge in [-0.3, -0.25) is 4.79 Å². The van der Waals surface area contributed by atoms with Gasteiger partial charge in [-0.05, 0) is 48.4 Å². The number of carbonyl (C=O) groups is 1. The summed E-state index contributed by atoms with van der Waals surface area (Å²) in [5, 5.41) is 0. The summed E-state index contributed by atoms with van der Waals surface area (Å²) in [4.78, 5) is 17.0. The number of rotatable bonds is 6. The topological polar surface area (TPSA) is 62.7 Å². The molecule has 0 bridgehead atoms. The van der Waals surface area contributed by atoms with Gasteiger partial charge in [0, 0.05) is 32.0 Å². The number of amides is 1. The lowest BCUT2D eigenvalue weighted by Crippen LogP contribution is -2.33. The smallest absolute Gasteiger partial charge is 0.290 e. The van der Waals surface area contributed by atoms with Crippen molar-refractivity contribution in [3.05, 3.63) is 83.8 Å². The quantitative estimate of drug-likeness (QED) is 0.662. The standard InChI is InChI=1S/C22H25N3O2/c1-16(17-8-5-4-6-9-17)25(22(26)21-10-7-13-27-21)15-18-14-19(23)11-12-20(18)24(2)3/h4-14,16H,15,23H2,1-3H3. The summed E-state index contributed by atoms with van der Waals surface area (Å²) in [6.45, 7) is 2.45. The molecule has 0 fully saturated rings. The maximum atomic E-state index is 13.2. The van der Waals surface area contributed by atoms with Crippen molar-refractivity contribution in [2.24, 2.45) is 0 Å². The molecule has 5 heteroatoms. The molecule has 27 heavy (non-hydrogen) atoms. The minimum absolute atomic E-state index is 0.125. The predicted octanol–water partition coefficient (Wildman–Crippen LogP) is 4.33. The van der Waals surface area contributed by atoms with Crippen molar-refractivity contribution in [2.75, 3.05) is 24.7 Å². The van der Waals surface area contributed by atoms with Gasteiger partial charge in [-0.15, -0.1) is 0 Å².